The Balaban J connectivity index is 4.31. The Morgan fingerprint density at radius 3 is 2.38 bits per heavy atom. The molecule has 0 fully saturated rings. The lowest BCUT2D eigenvalue weighted by molar-refractivity contribution is -0.138. The van der Waals surface area contributed by atoms with Crippen molar-refractivity contribution in [3.8, 4) is 0 Å². The molecule has 0 aliphatic carbocycles. The van der Waals surface area contributed by atoms with Gasteiger partial charge in [-0.25, -0.2) is 13.6 Å². The third-order valence-electron chi connectivity index (χ3n) is 1.73. The summed E-state index contributed by atoms with van der Waals surface area (Å²) < 4.78 is 24.1. The molecule has 0 saturated carbocycles. The van der Waals surface area contributed by atoms with Gasteiger partial charge in [-0.05, 0) is 6.92 Å². The molecule has 0 aromatic heterocycles. The van der Waals surface area contributed by atoms with E-state index in [9.17, 15) is 18.4 Å². The van der Waals surface area contributed by atoms with Gasteiger partial charge in [0.2, 0.25) is 0 Å². The van der Waals surface area contributed by atoms with Crippen molar-refractivity contribution >= 4 is 12.0 Å². The number of halogens is 2. The fourth-order valence-corrected chi connectivity index (χ4v) is 0.901. The van der Waals surface area contributed by atoms with Gasteiger partial charge in [-0.2, -0.15) is 0 Å². The molecular formula is C8H14F2N2O4. The van der Waals surface area contributed by atoms with Crippen LogP contribution >= 0.6 is 0 Å². The van der Waals surface area contributed by atoms with Crippen LogP contribution in [0.15, 0.2) is 0 Å². The van der Waals surface area contributed by atoms with Gasteiger partial charge in [-0.15, -0.1) is 0 Å². The Bertz CT molecular complexity index is 250. The zero-order valence-electron chi connectivity index (χ0n) is 8.69. The number of aliphatic carboxylic acids is 1. The average Bonchev–Trinajstić information content (AvgIpc) is 2.16. The van der Waals surface area contributed by atoms with Crippen molar-refractivity contribution in [2.45, 2.75) is 19.4 Å². The zero-order valence-corrected chi connectivity index (χ0v) is 8.69. The Labute approximate surface area is 90.8 Å². The molecule has 0 heterocycles. The zero-order chi connectivity index (χ0) is 12.7. The number of hydrogen-bond acceptors (Lipinski definition) is 3. The molecule has 0 aliphatic heterocycles. The molecule has 6 nitrogen and oxygen atoms in total. The van der Waals surface area contributed by atoms with Crippen molar-refractivity contribution in [2.75, 3.05) is 19.7 Å². The maximum atomic E-state index is 12.0. The summed E-state index contributed by atoms with van der Waals surface area (Å²) in [6, 6.07) is -2.12. The fourth-order valence-electron chi connectivity index (χ4n) is 0.901. The summed E-state index contributed by atoms with van der Waals surface area (Å²) in [6.45, 7) is -0.386. The molecule has 0 unspecified atom stereocenters. The van der Waals surface area contributed by atoms with E-state index >= 15 is 0 Å². The van der Waals surface area contributed by atoms with E-state index in [2.05, 4.69) is 0 Å². The van der Waals surface area contributed by atoms with Crippen molar-refractivity contribution in [1.29, 1.82) is 0 Å². The largest absolute Gasteiger partial charge is 0.480 e. The predicted octanol–water partition coefficient (Wildman–Crippen LogP) is -0.272. The SMILES string of the molecule is C[C@H](NC(=O)N(CCO)CC(F)F)C(=O)O. The van der Waals surface area contributed by atoms with Crippen LogP contribution in [0.4, 0.5) is 13.6 Å². The third kappa shape index (κ3) is 5.44. The normalized spacial score (nSPS) is 12.3. The van der Waals surface area contributed by atoms with Gasteiger partial charge in [-0.1, -0.05) is 0 Å². The van der Waals surface area contributed by atoms with E-state index in [1.54, 1.807) is 0 Å². The number of carboxylic acids is 1. The van der Waals surface area contributed by atoms with Gasteiger partial charge in [0.25, 0.3) is 6.43 Å². The lowest BCUT2D eigenvalue weighted by Gasteiger charge is -2.22. The summed E-state index contributed by atoms with van der Waals surface area (Å²) in [6.07, 6.45) is -2.74. The van der Waals surface area contributed by atoms with Crippen molar-refractivity contribution in [2.24, 2.45) is 0 Å². The van der Waals surface area contributed by atoms with Crippen molar-refractivity contribution in [1.82, 2.24) is 10.2 Å². The molecule has 3 N–H and O–H groups in total. The minimum absolute atomic E-state index is 0.275. The minimum atomic E-state index is -2.74. The van der Waals surface area contributed by atoms with Crippen LogP contribution in [0.3, 0.4) is 0 Å². The summed E-state index contributed by atoms with van der Waals surface area (Å²) in [5, 5.41) is 19.1. The summed E-state index contributed by atoms with van der Waals surface area (Å²) in [7, 11) is 0. The van der Waals surface area contributed by atoms with Crippen LogP contribution in [0.5, 0.6) is 0 Å². The number of hydrogen-bond donors (Lipinski definition) is 3. The highest BCUT2D eigenvalue weighted by molar-refractivity contribution is 5.82. The molecule has 0 aromatic carbocycles. The number of aliphatic hydroxyl groups is 1. The second kappa shape index (κ2) is 6.94. The molecule has 0 spiro atoms. The molecular weight excluding hydrogens is 226 g/mol. The highest BCUT2D eigenvalue weighted by Gasteiger charge is 2.21. The van der Waals surface area contributed by atoms with Crippen LogP contribution < -0.4 is 5.32 Å². The van der Waals surface area contributed by atoms with E-state index < -0.39 is 37.6 Å². The molecule has 0 aliphatic rings. The summed E-state index contributed by atoms with van der Waals surface area (Å²) >= 11 is 0. The smallest absolute Gasteiger partial charge is 0.325 e. The number of nitrogens with one attached hydrogen (secondary N) is 1. The topological polar surface area (TPSA) is 89.9 Å². The van der Waals surface area contributed by atoms with Crippen LogP contribution in [-0.4, -0.2) is 59.3 Å². The van der Waals surface area contributed by atoms with Gasteiger partial charge in [0.1, 0.15) is 6.04 Å². The molecule has 2 amide bonds. The van der Waals surface area contributed by atoms with E-state index in [1.165, 1.54) is 6.92 Å². The summed E-state index contributed by atoms with van der Waals surface area (Å²) in [5.74, 6) is -1.27. The van der Waals surface area contributed by atoms with Crippen molar-refractivity contribution < 1.29 is 28.6 Å². The van der Waals surface area contributed by atoms with E-state index in [-0.39, 0.29) is 6.54 Å². The average molecular weight is 240 g/mol. The minimum Gasteiger partial charge on any atom is -0.480 e. The first-order valence-electron chi connectivity index (χ1n) is 4.55. The highest BCUT2D eigenvalue weighted by Crippen LogP contribution is 1.99. The maximum absolute atomic E-state index is 12.0. The van der Waals surface area contributed by atoms with Gasteiger partial charge in [0.15, 0.2) is 0 Å². The van der Waals surface area contributed by atoms with Gasteiger partial charge >= 0.3 is 12.0 Å². The van der Waals surface area contributed by atoms with Crippen LogP contribution in [0.2, 0.25) is 0 Å². The second-order valence-corrected chi connectivity index (χ2v) is 3.07. The number of amides is 2. The van der Waals surface area contributed by atoms with Crippen LogP contribution in [-0.2, 0) is 4.79 Å². The highest BCUT2D eigenvalue weighted by atomic mass is 19.3. The van der Waals surface area contributed by atoms with Gasteiger partial charge in [0, 0.05) is 6.54 Å². The number of carbonyl (C=O) groups is 2. The van der Waals surface area contributed by atoms with Gasteiger partial charge in [-0.3, -0.25) is 4.79 Å². The predicted molar refractivity (Wildman–Crippen MR) is 50.3 cm³/mol. The standard InChI is InChI=1S/C8H14F2N2O4/c1-5(7(14)15)11-8(16)12(2-3-13)4-6(9)10/h5-6,13H,2-4H2,1H3,(H,11,16)(H,14,15)/t5-/m0/s1. The number of carboxylic acid groups (broad SMARTS) is 1. The molecule has 16 heavy (non-hydrogen) atoms. The molecule has 1 atom stereocenters. The molecule has 0 radical (unpaired) electrons. The van der Waals surface area contributed by atoms with E-state index in [1.807, 2.05) is 5.32 Å². The Morgan fingerprint density at radius 1 is 1.44 bits per heavy atom. The third-order valence-corrected chi connectivity index (χ3v) is 1.73. The number of aliphatic hydroxyl groups excluding tert-OH is 1. The van der Waals surface area contributed by atoms with Gasteiger partial charge < -0.3 is 20.4 Å². The quantitative estimate of drug-likeness (QED) is 0.596. The van der Waals surface area contributed by atoms with E-state index in [0.29, 0.717) is 4.90 Å². The van der Waals surface area contributed by atoms with Crippen LogP contribution in [0, 0.1) is 0 Å². The van der Waals surface area contributed by atoms with E-state index in [4.69, 9.17) is 10.2 Å². The molecule has 94 valence electrons. The van der Waals surface area contributed by atoms with Crippen molar-refractivity contribution in [3.05, 3.63) is 0 Å². The molecule has 0 rings (SSSR count). The van der Waals surface area contributed by atoms with Crippen molar-refractivity contribution in [3.63, 3.8) is 0 Å². The number of carbonyl (C=O) groups excluding carboxylic acids is 1. The number of alkyl halides is 2. The Hall–Kier alpha value is -1.44. The number of urea groups is 1. The maximum Gasteiger partial charge on any atom is 0.325 e. The Kier molecular flexibility index (Phi) is 6.31. The molecule has 0 aromatic rings. The molecule has 0 bridgehead atoms. The van der Waals surface area contributed by atoms with Gasteiger partial charge in [0.05, 0.1) is 13.2 Å². The fraction of sp³-hybridized carbons (Fsp3) is 0.750. The van der Waals surface area contributed by atoms with E-state index in [0.717, 1.165) is 0 Å². The monoisotopic (exact) mass is 240 g/mol. The first-order valence-corrected chi connectivity index (χ1v) is 4.55. The first-order chi connectivity index (χ1) is 7.38. The first kappa shape index (κ1) is 14.6. The number of rotatable bonds is 6. The Morgan fingerprint density at radius 2 is 2.00 bits per heavy atom. The lowest BCUT2D eigenvalue weighted by Crippen LogP contribution is -2.48. The number of nitrogens with zero attached hydrogens (tertiary/aromatic N) is 1. The molecule has 0 saturated heterocycles. The van der Waals surface area contributed by atoms with Crippen LogP contribution in [0.1, 0.15) is 6.92 Å². The summed E-state index contributed by atoms with van der Waals surface area (Å²) in [5.41, 5.74) is 0. The van der Waals surface area contributed by atoms with Crippen LogP contribution in [0.25, 0.3) is 0 Å². The second-order valence-electron chi connectivity index (χ2n) is 3.07. The molecule has 8 heteroatoms. The summed E-state index contributed by atoms with van der Waals surface area (Å²) in [4.78, 5) is 22.4. The lowest BCUT2D eigenvalue weighted by atomic mass is 10.3.